The molecule has 0 radical (unpaired) electrons. The maximum atomic E-state index is 13.2. The van der Waals surface area contributed by atoms with Gasteiger partial charge in [0.2, 0.25) is 11.8 Å². The van der Waals surface area contributed by atoms with Gasteiger partial charge in [-0.2, -0.15) is 0 Å². The van der Waals surface area contributed by atoms with Crippen LogP contribution in [0.15, 0.2) is 24.3 Å². The van der Waals surface area contributed by atoms with Gasteiger partial charge in [0.1, 0.15) is 5.60 Å². The minimum absolute atomic E-state index is 0.0226. The molecule has 0 saturated carbocycles. The van der Waals surface area contributed by atoms with Crippen LogP contribution >= 0.6 is 11.6 Å². The minimum atomic E-state index is -0.537. The van der Waals surface area contributed by atoms with E-state index in [9.17, 15) is 14.4 Å². The van der Waals surface area contributed by atoms with Gasteiger partial charge in [0.05, 0.1) is 5.92 Å². The van der Waals surface area contributed by atoms with E-state index < -0.39 is 5.60 Å². The van der Waals surface area contributed by atoms with Crippen LogP contribution in [0.25, 0.3) is 0 Å². The highest BCUT2D eigenvalue weighted by Crippen LogP contribution is 2.29. The average Bonchev–Trinajstić information content (AvgIpc) is 3.08. The molecule has 0 aromatic heterocycles. The number of hydrogen-bond donors (Lipinski definition) is 0. The Morgan fingerprint density at radius 1 is 1.19 bits per heavy atom. The highest BCUT2D eigenvalue weighted by molar-refractivity contribution is 6.30. The molecule has 2 unspecified atom stereocenters. The van der Waals surface area contributed by atoms with Gasteiger partial charge in [-0.15, -0.1) is 0 Å². The van der Waals surface area contributed by atoms with Crippen LogP contribution in [0, 0.1) is 11.8 Å². The third-order valence-electron chi connectivity index (χ3n) is 5.68. The number of benzene rings is 1. The van der Waals surface area contributed by atoms with Gasteiger partial charge >= 0.3 is 6.09 Å². The maximum Gasteiger partial charge on any atom is 0.410 e. The summed E-state index contributed by atoms with van der Waals surface area (Å²) >= 11 is 5.94. The summed E-state index contributed by atoms with van der Waals surface area (Å²) in [6.07, 6.45) is 1.72. The van der Waals surface area contributed by atoms with Crippen LogP contribution in [-0.2, 0) is 14.3 Å². The van der Waals surface area contributed by atoms with Crippen molar-refractivity contribution in [1.82, 2.24) is 9.80 Å². The van der Waals surface area contributed by atoms with E-state index in [4.69, 9.17) is 16.3 Å². The first-order chi connectivity index (χ1) is 14.5. The maximum absolute atomic E-state index is 13.2. The summed E-state index contributed by atoms with van der Waals surface area (Å²) in [7, 11) is 1.73. The molecule has 7 nitrogen and oxygen atoms in total. The van der Waals surface area contributed by atoms with E-state index in [0.717, 1.165) is 18.5 Å². The first-order valence-electron chi connectivity index (χ1n) is 10.8. The van der Waals surface area contributed by atoms with Crippen molar-refractivity contribution < 1.29 is 19.1 Å². The molecule has 2 fully saturated rings. The molecule has 3 amide bonds. The van der Waals surface area contributed by atoms with E-state index in [0.29, 0.717) is 31.2 Å². The molecule has 2 heterocycles. The fourth-order valence-corrected chi connectivity index (χ4v) is 4.34. The lowest BCUT2D eigenvalue weighted by molar-refractivity contribution is -0.137. The Labute approximate surface area is 189 Å². The number of rotatable bonds is 4. The van der Waals surface area contributed by atoms with Crippen molar-refractivity contribution in [3.05, 3.63) is 29.3 Å². The Kier molecular flexibility index (Phi) is 7.14. The van der Waals surface area contributed by atoms with E-state index in [1.54, 1.807) is 41.1 Å². The molecule has 0 bridgehead atoms. The highest BCUT2D eigenvalue weighted by atomic mass is 35.5. The van der Waals surface area contributed by atoms with Gasteiger partial charge in [0.25, 0.3) is 0 Å². The Hall–Kier alpha value is -2.28. The van der Waals surface area contributed by atoms with E-state index in [1.165, 1.54) is 0 Å². The second-order valence-electron chi connectivity index (χ2n) is 9.54. The molecule has 2 saturated heterocycles. The van der Waals surface area contributed by atoms with Crippen LogP contribution in [0.1, 0.15) is 40.0 Å². The number of ether oxygens (including phenoxy) is 1. The minimum Gasteiger partial charge on any atom is -0.444 e. The molecule has 2 aliphatic heterocycles. The summed E-state index contributed by atoms with van der Waals surface area (Å²) in [6, 6.07) is 7.10. The molecule has 2 aliphatic rings. The highest BCUT2D eigenvalue weighted by Gasteiger charge is 2.38. The number of likely N-dealkylation sites (tertiary alicyclic amines) is 1. The van der Waals surface area contributed by atoms with Gasteiger partial charge in [-0.3, -0.25) is 9.59 Å². The lowest BCUT2D eigenvalue weighted by Crippen LogP contribution is -2.47. The Bertz CT molecular complexity index is 821. The molecule has 0 aliphatic carbocycles. The Morgan fingerprint density at radius 2 is 1.87 bits per heavy atom. The van der Waals surface area contributed by atoms with Crippen molar-refractivity contribution in [2.24, 2.45) is 11.8 Å². The lowest BCUT2D eigenvalue weighted by Gasteiger charge is -2.36. The predicted octanol–water partition coefficient (Wildman–Crippen LogP) is 3.80. The largest absolute Gasteiger partial charge is 0.444 e. The average molecular weight is 450 g/mol. The monoisotopic (exact) mass is 449 g/mol. The van der Waals surface area contributed by atoms with Gasteiger partial charge in [-0.05, 0) is 63.8 Å². The predicted molar refractivity (Wildman–Crippen MR) is 120 cm³/mol. The molecular formula is C23H32ClN3O4. The number of hydrogen-bond acceptors (Lipinski definition) is 4. The fraction of sp³-hybridized carbons (Fsp3) is 0.609. The first kappa shape index (κ1) is 23.4. The second kappa shape index (κ2) is 9.47. The quantitative estimate of drug-likeness (QED) is 0.701. The van der Waals surface area contributed by atoms with E-state index in [1.807, 2.05) is 25.7 Å². The molecule has 170 valence electrons. The summed E-state index contributed by atoms with van der Waals surface area (Å²) in [5, 5.41) is 0.610. The first-order valence-corrected chi connectivity index (χ1v) is 11.2. The normalized spacial score (nSPS) is 21.9. The number of nitrogens with zero attached hydrogens (tertiary/aromatic N) is 3. The molecule has 2 atom stereocenters. The van der Waals surface area contributed by atoms with Gasteiger partial charge in [0.15, 0.2) is 0 Å². The number of anilines is 1. The standard InChI is InChI=1S/C23H32ClN3O4/c1-23(2,3)31-22(30)25(4)13-16-6-5-11-26(14-16)21(29)17-12-20(28)27(15-17)19-9-7-18(24)8-10-19/h7-10,16-17H,5-6,11-15H2,1-4H3. The summed E-state index contributed by atoms with van der Waals surface area (Å²) in [6.45, 7) is 7.74. The fourth-order valence-electron chi connectivity index (χ4n) is 4.22. The zero-order valence-corrected chi connectivity index (χ0v) is 19.5. The van der Waals surface area contributed by atoms with E-state index in [-0.39, 0.29) is 36.2 Å². The molecule has 1 aromatic carbocycles. The second-order valence-corrected chi connectivity index (χ2v) is 9.97. The zero-order chi connectivity index (χ0) is 22.8. The number of amides is 3. The summed E-state index contributed by atoms with van der Waals surface area (Å²) < 4.78 is 5.42. The van der Waals surface area contributed by atoms with E-state index >= 15 is 0 Å². The molecule has 0 spiro atoms. The van der Waals surface area contributed by atoms with Crippen molar-refractivity contribution in [3.8, 4) is 0 Å². The van der Waals surface area contributed by atoms with Crippen LogP contribution < -0.4 is 4.90 Å². The third-order valence-corrected chi connectivity index (χ3v) is 5.93. The Morgan fingerprint density at radius 3 is 2.52 bits per heavy atom. The van der Waals surface area contributed by atoms with Crippen LogP contribution in [0.3, 0.4) is 0 Å². The van der Waals surface area contributed by atoms with Crippen LogP contribution in [0.4, 0.5) is 10.5 Å². The smallest absolute Gasteiger partial charge is 0.410 e. The van der Waals surface area contributed by atoms with Crippen molar-refractivity contribution >= 4 is 35.2 Å². The molecule has 3 rings (SSSR count). The number of halogens is 1. The SMILES string of the molecule is CN(CC1CCCN(C(=O)C2CC(=O)N(c3ccc(Cl)cc3)C2)C1)C(=O)OC(C)(C)C. The van der Waals surface area contributed by atoms with Gasteiger partial charge in [-0.25, -0.2) is 4.79 Å². The molecule has 31 heavy (non-hydrogen) atoms. The zero-order valence-electron chi connectivity index (χ0n) is 18.8. The lowest BCUT2D eigenvalue weighted by atomic mass is 9.96. The molecule has 1 aromatic rings. The van der Waals surface area contributed by atoms with Gasteiger partial charge in [0, 0.05) is 50.4 Å². The molecule has 8 heteroatoms. The van der Waals surface area contributed by atoms with Crippen LogP contribution in [-0.4, -0.2) is 66.5 Å². The summed E-state index contributed by atoms with van der Waals surface area (Å²) in [4.78, 5) is 43.0. The van der Waals surface area contributed by atoms with Crippen molar-refractivity contribution in [3.63, 3.8) is 0 Å². The number of carbonyl (C=O) groups excluding carboxylic acids is 3. The number of piperidine rings is 1. The Balaban J connectivity index is 1.56. The van der Waals surface area contributed by atoms with Gasteiger partial charge in [-0.1, -0.05) is 11.6 Å². The summed E-state index contributed by atoms with van der Waals surface area (Å²) in [5.41, 5.74) is 0.227. The van der Waals surface area contributed by atoms with Crippen LogP contribution in [0.5, 0.6) is 0 Å². The number of carbonyl (C=O) groups is 3. The van der Waals surface area contributed by atoms with Crippen LogP contribution in [0.2, 0.25) is 5.02 Å². The van der Waals surface area contributed by atoms with Crippen molar-refractivity contribution in [1.29, 1.82) is 0 Å². The van der Waals surface area contributed by atoms with Crippen molar-refractivity contribution in [2.75, 3.05) is 38.1 Å². The molecular weight excluding hydrogens is 418 g/mol. The molecule has 0 N–H and O–H groups in total. The van der Waals surface area contributed by atoms with Crippen molar-refractivity contribution in [2.45, 2.75) is 45.6 Å². The third kappa shape index (κ3) is 6.12. The van der Waals surface area contributed by atoms with E-state index in [2.05, 4.69) is 0 Å². The van der Waals surface area contributed by atoms with Gasteiger partial charge < -0.3 is 19.4 Å². The topological polar surface area (TPSA) is 70.2 Å². The summed E-state index contributed by atoms with van der Waals surface area (Å²) in [5.74, 6) is -0.168.